The smallest absolute Gasteiger partial charge is 0.0645 e. The Morgan fingerprint density at radius 1 is 0.341 bits per heavy atom. The van der Waals surface area contributed by atoms with E-state index >= 15 is 0 Å². The molecule has 0 spiro atoms. The van der Waals surface area contributed by atoms with E-state index in [1.165, 1.54) is 4.57 Å². The lowest BCUT2D eigenvalue weighted by Gasteiger charge is -2.10. The highest BCUT2D eigenvalue weighted by Crippen LogP contribution is 2.38. The van der Waals surface area contributed by atoms with E-state index in [2.05, 4.69) is 0 Å². The minimum absolute atomic E-state index is 0.0188. The SMILES string of the molecule is [2H]c1c([2H])c([2H])c(-c2c([2H])c([2H])c(-n3c4ccc(-c5ccc6c(c5)c5c([2H])c([2H])c([2H])c([2H])c5n6-c5ccccc5)cc4c4c([2H])c([2H])c([2H])c([2H])c43)c([2H])c2[2H])c([2H])c1[2H]. The Bertz CT molecular complexity index is 3390. The molecule has 7 aromatic carbocycles. The van der Waals surface area contributed by atoms with Crippen molar-refractivity contribution < 1.29 is 23.3 Å². The molecule has 2 heteroatoms. The Morgan fingerprint density at radius 2 is 0.841 bits per heavy atom. The van der Waals surface area contributed by atoms with Crippen molar-refractivity contribution in [2.45, 2.75) is 0 Å². The summed E-state index contributed by atoms with van der Waals surface area (Å²) in [5, 5.41) is 1.11. The number of aromatic nitrogens is 2. The number of para-hydroxylation sites is 3. The molecule has 0 radical (unpaired) electrons. The van der Waals surface area contributed by atoms with Gasteiger partial charge in [0.25, 0.3) is 0 Å². The predicted molar refractivity (Wildman–Crippen MR) is 186 cm³/mol. The van der Waals surface area contributed by atoms with Crippen LogP contribution in [0.3, 0.4) is 0 Å². The standard InChI is InChI=1S/C42H28N2/c1-3-11-29(12-4-1)30-19-23-34(24-20-30)44-40-18-10-8-16-36(40)38-28-32(22-26-42(38)44)31-21-25-41-37(27-31)35-15-7-9-17-39(35)43(41)33-13-5-2-6-14-33/h1-28H/i1D,3D,4D,7D,8D,9D,10D,11D,12D,15D,16D,17D,18D,19D,20D,23D,24D. The van der Waals surface area contributed by atoms with E-state index < -0.39 is 101 Å². The van der Waals surface area contributed by atoms with Crippen molar-refractivity contribution in [2.24, 2.45) is 0 Å². The summed E-state index contributed by atoms with van der Waals surface area (Å²) in [5.41, 5.74) is 1.30. The van der Waals surface area contributed by atoms with Crippen LogP contribution in [0.2, 0.25) is 0 Å². The molecule has 0 saturated carbocycles. The maximum absolute atomic E-state index is 9.19. The second-order valence-corrected chi connectivity index (χ2v) is 10.1. The zero-order valence-corrected chi connectivity index (χ0v) is 22.7. The van der Waals surface area contributed by atoms with Gasteiger partial charge in [-0.25, -0.2) is 0 Å². The second kappa shape index (κ2) is 9.86. The van der Waals surface area contributed by atoms with Crippen molar-refractivity contribution in [3.05, 3.63) is 169 Å². The summed E-state index contributed by atoms with van der Waals surface area (Å²) < 4.78 is 151. The highest BCUT2D eigenvalue weighted by atomic mass is 15.0. The molecule has 0 N–H and O–H groups in total. The van der Waals surface area contributed by atoms with E-state index in [4.69, 9.17) is 20.6 Å². The normalized spacial score (nSPS) is 17.0. The largest absolute Gasteiger partial charge is 0.309 e. The topological polar surface area (TPSA) is 9.86 Å². The first-order chi connectivity index (χ1) is 28.9. The number of rotatable bonds is 4. The van der Waals surface area contributed by atoms with Crippen LogP contribution in [-0.2, 0) is 0 Å². The lowest BCUT2D eigenvalue weighted by Crippen LogP contribution is -1.93. The molecule has 44 heavy (non-hydrogen) atoms. The molecule has 2 heterocycles. The molecular weight excluding hydrogens is 532 g/mol. The molecule has 2 nitrogen and oxygen atoms in total. The molecule has 0 fully saturated rings. The fraction of sp³-hybridized carbons (Fsp3) is 0. The lowest BCUT2D eigenvalue weighted by atomic mass is 10.0. The fourth-order valence-corrected chi connectivity index (χ4v) is 5.79. The number of fused-ring (bicyclic) bond motifs is 6. The Hall–Kier alpha value is -5.86. The van der Waals surface area contributed by atoms with Crippen molar-refractivity contribution in [3.63, 3.8) is 0 Å². The molecule has 9 rings (SSSR count). The van der Waals surface area contributed by atoms with Crippen LogP contribution in [0.15, 0.2) is 169 Å². The van der Waals surface area contributed by atoms with Crippen LogP contribution < -0.4 is 0 Å². The van der Waals surface area contributed by atoms with Gasteiger partial charge in [-0.2, -0.15) is 0 Å². The average molecular weight is 578 g/mol. The van der Waals surface area contributed by atoms with Crippen molar-refractivity contribution in [2.75, 3.05) is 0 Å². The Balaban J connectivity index is 1.34. The molecule has 9 aromatic rings. The molecule has 0 unspecified atom stereocenters. The van der Waals surface area contributed by atoms with Gasteiger partial charge in [0.15, 0.2) is 0 Å². The zero-order valence-electron chi connectivity index (χ0n) is 39.7. The van der Waals surface area contributed by atoms with E-state index in [1.807, 2.05) is 30.3 Å². The van der Waals surface area contributed by atoms with E-state index in [0.29, 0.717) is 33.1 Å². The van der Waals surface area contributed by atoms with Gasteiger partial charge >= 0.3 is 0 Å². The van der Waals surface area contributed by atoms with E-state index in [1.54, 1.807) is 41.0 Å². The van der Waals surface area contributed by atoms with Gasteiger partial charge in [-0.05, 0) is 82.8 Å². The van der Waals surface area contributed by atoms with Gasteiger partial charge in [-0.3, -0.25) is 0 Å². The monoisotopic (exact) mass is 577 g/mol. The maximum atomic E-state index is 9.19. The van der Waals surface area contributed by atoms with Crippen LogP contribution in [0, 0.1) is 0 Å². The Labute approximate surface area is 279 Å². The van der Waals surface area contributed by atoms with Gasteiger partial charge in [0.2, 0.25) is 0 Å². The summed E-state index contributed by atoms with van der Waals surface area (Å²) in [6.07, 6.45) is 0. The second-order valence-electron chi connectivity index (χ2n) is 10.1. The van der Waals surface area contributed by atoms with E-state index in [9.17, 15) is 2.74 Å². The molecule has 0 atom stereocenters. The molecule has 0 saturated heterocycles. The van der Waals surface area contributed by atoms with Crippen LogP contribution >= 0.6 is 0 Å². The van der Waals surface area contributed by atoms with Crippen LogP contribution in [0.1, 0.15) is 23.3 Å². The lowest BCUT2D eigenvalue weighted by molar-refractivity contribution is 1.18. The van der Waals surface area contributed by atoms with Gasteiger partial charge < -0.3 is 9.13 Å². The summed E-state index contributed by atoms with van der Waals surface area (Å²) >= 11 is 0. The summed E-state index contributed by atoms with van der Waals surface area (Å²) in [5.74, 6) is 0. The number of nitrogens with zero attached hydrogens (tertiary/aromatic N) is 2. The van der Waals surface area contributed by atoms with Crippen molar-refractivity contribution in [3.8, 4) is 33.6 Å². The fourth-order valence-electron chi connectivity index (χ4n) is 5.79. The van der Waals surface area contributed by atoms with Crippen molar-refractivity contribution in [1.82, 2.24) is 9.13 Å². The van der Waals surface area contributed by atoms with Crippen LogP contribution in [0.25, 0.3) is 77.2 Å². The predicted octanol–water partition coefficient (Wildman–Crippen LogP) is 11.2. The Morgan fingerprint density at radius 3 is 1.43 bits per heavy atom. The van der Waals surface area contributed by atoms with Gasteiger partial charge in [-0.1, -0.05) is 109 Å². The third kappa shape index (κ3) is 3.82. The zero-order chi connectivity index (χ0) is 43.8. The molecular formula is C42H28N2. The van der Waals surface area contributed by atoms with Gasteiger partial charge in [0.1, 0.15) is 0 Å². The molecule has 0 aliphatic heterocycles. The third-order valence-corrected chi connectivity index (χ3v) is 7.73. The quantitative estimate of drug-likeness (QED) is 0.197. The highest BCUT2D eigenvalue weighted by molar-refractivity contribution is 6.12. The summed E-state index contributed by atoms with van der Waals surface area (Å²) in [7, 11) is 0. The maximum Gasteiger partial charge on any atom is 0.0645 e. The first-order valence-corrected chi connectivity index (χ1v) is 13.7. The van der Waals surface area contributed by atoms with Crippen molar-refractivity contribution >= 4 is 43.6 Å². The highest BCUT2D eigenvalue weighted by Gasteiger charge is 2.16. The molecule has 206 valence electrons. The molecule has 0 aliphatic rings. The Kier molecular flexibility index (Phi) is 2.96. The van der Waals surface area contributed by atoms with Gasteiger partial charge in [-0.15, -0.1) is 0 Å². The van der Waals surface area contributed by atoms with Gasteiger partial charge in [0.05, 0.1) is 45.4 Å². The molecule has 0 amide bonds. The molecule has 0 bridgehead atoms. The summed E-state index contributed by atoms with van der Waals surface area (Å²) in [6, 6.07) is 9.69. The summed E-state index contributed by atoms with van der Waals surface area (Å²) in [6.45, 7) is 0. The number of hydrogen-bond acceptors (Lipinski definition) is 0. The first kappa shape index (κ1) is 13.2. The minimum Gasteiger partial charge on any atom is -0.309 e. The molecule has 0 aliphatic carbocycles. The van der Waals surface area contributed by atoms with Gasteiger partial charge in [0, 0.05) is 32.9 Å². The number of hydrogen-bond donors (Lipinski definition) is 0. The van der Waals surface area contributed by atoms with E-state index in [-0.39, 0.29) is 45.4 Å². The average Bonchev–Trinajstić information content (AvgIpc) is 3.78. The van der Waals surface area contributed by atoms with Crippen molar-refractivity contribution in [1.29, 1.82) is 0 Å². The number of benzene rings is 7. The van der Waals surface area contributed by atoms with E-state index in [0.717, 1.165) is 0 Å². The first-order valence-electron chi connectivity index (χ1n) is 22.2. The summed E-state index contributed by atoms with van der Waals surface area (Å²) in [4.78, 5) is 0. The van der Waals surface area contributed by atoms with Crippen LogP contribution in [0.5, 0.6) is 0 Å². The molecule has 2 aromatic heterocycles. The van der Waals surface area contributed by atoms with Crippen LogP contribution in [0.4, 0.5) is 0 Å². The van der Waals surface area contributed by atoms with Crippen LogP contribution in [-0.4, -0.2) is 9.13 Å². The minimum atomic E-state index is -0.733. The third-order valence-electron chi connectivity index (χ3n) is 7.73.